The van der Waals surface area contributed by atoms with Crippen LogP contribution in [0.15, 0.2) is 58.2 Å². The van der Waals surface area contributed by atoms with Crippen molar-refractivity contribution < 1.29 is 14.1 Å². The van der Waals surface area contributed by atoms with Crippen molar-refractivity contribution in [3.8, 4) is 17.1 Å². The first-order chi connectivity index (χ1) is 15.5. The Bertz CT molecular complexity index is 1230. The molecule has 0 unspecified atom stereocenters. The summed E-state index contributed by atoms with van der Waals surface area (Å²) in [7, 11) is 1.54. The Labute approximate surface area is 192 Å². The Morgan fingerprint density at radius 3 is 2.78 bits per heavy atom. The van der Waals surface area contributed by atoms with Gasteiger partial charge in [0.1, 0.15) is 5.75 Å². The molecule has 4 rings (SSSR count). The second-order valence-electron chi connectivity index (χ2n) is 6.50. The summed E-state index contributed by atoms with van der Waals surface area (Å²) in [5, 5.41) is 15.9. The maximum atomic E-state index is 12.3. The van der Waals surface area contributed by atoms with Gasteiger partial charge in [-0.15, -0.1) is 10.2 Å². The molecule has 0 saturated heterocycles. The van der Waals surface area contributed by atoms with Gasteiger partial charge in [0.2, 0.25) is 17.0 Å². The third kappa shape index (κ3) is 5.01. The number of carbonyl (C=O) groups excluding carboxylic acids is 1. The van der Waals surface area contributed by atoms with Gasteiger partial charge in [-0.1, -0.05) is 40.7 Å². The van der Waals surface area contributed by atoms with Gasteiger partial charge in [0.05, 0.1) is 25.0 Å². The largest absolute Gasteiger partial charge is 0.495 e. The van der Waals surface area contributed by atoms with Crippen LogP contribution >= 0.6 is 23.4 Å². The highest BCUT2D eigenvalue weighted by Crippen LogP contribution is 2.25. The predicted molar refractivity (Wildman–Crippen MR) is 120 cm³/mol. The first-order valence-corrected chi connectivity index (χ1v) is 10.7. The molecule has 0 radical (unpaired) electrons. The van der Waals surface area contributed by atoms with Crippen LogP contribution in [0.2, 0.25) is 5.02 Å². The van der Waals surface area contributed by atoms with Gasteiger partial charge in [0.25, 0.3) is 0 Å². The lowest BCUT2D eigenvalue weighted by molar-refractivity contribution is -0.115. The van der Waals surface area contributed by atoms with E-state index < -0.39 is 0 Å². The molecule has 4 aromatic rings. The minimum atomic E-state index is -0.288. The van der Waals surface area contributed by atoms with E-state index in [1.165, 1.54) is 23.5 Å². The van der Waals surface area contributed by atoms with Gasteiger partial charge in [-0.05, 0) is 36.4 Å². The number of aromatic nitrogens is 5. The van der Waals surface area contributed by atoms with Crippen LogP contribution in [0.5, 0.6) is 5.75 Å². The molecule has 0 spiro atoms. The molecule has 0 aliphatic rings. The van der Waals surface area contributed by atoms with Crippen molar-refractivity contribution in [3.63, 3.8) is 0 Å². The summed E-state index contributed by atoms with van der Waals surface area (Å²) in [6.07, 6.45) is -0.0417. The lowest BCUT2D eigenvalue weighted by atomic mass is 10.2. The molecule has 164 valence electrons. The summed E-state index contributed by atoms with van der Waals surface area (Å²) in [5.74, 6) is 7.82. The number of benzene rings is 2. The van der Waals surface area contributed by atoms with E-state index in [9.17, 15) is 4.79 Å². The Kier molecular flexibility index (Phi) is 6.57. The summed E-state index contributed by atoms with van der Waals surface area (Å²) in [5.41, 5.74) is 1.36. The number of rotatable bonds is 8. The Hall–Kier alpha value is -3.57. The summed E-state index contributed by atoms with van der Waals surface area (Å²) in [4.78, 5) is 16.6. The first kappa shape index (κ1) is 21.7. The zero-order chi connectivity index (χ0) is 22.5. The van der Waals surface area contributed by atoms with Crippen LogP contribution in [0, 0.1) is 0 Å². The molecule has 2 aromatic carbocycles. The number of methoxy groups -OCH3 is 1. The highest BCUT2D eigenvalue weighted by atomic mass is 35.5. The highest BCUT2D eigenvalue weighted by molar-refractivity contribution is 7.98. The number of nitrogens with zero attached hydrogens (tertiary/aromatic N) is 5. The second kappa shape index (κ2) is 9.71. The quantitative estimate of drug-likeness (QED) is 0.293. The van der Waals surface area contributed by atoms with Crippen LogP contribution in [0.1, 0.15) is 11.7 Å². The number of carbonyl (C=O) groups is 1. The molecule has 0 saturated carbocycles. The van der Waals surface area contributed by atoms with E-state index in [2.05, 4.69) is 25.7 Å². The molecule has 0 fully saturated rings. The van der Waals surface area contributed by atoms with Crippen LogP contribution in [-0.4, -0.2) is 38.0 Å². The summed E-state index contributed by atoms with van der Waals surface area (Å²) in [6.45, 7) is 0. The van der Waals surface area contributed by atoms with Crippen molar-refractivity contribution in [2.24, 2.45) is 0 Å². The van der Waals surface area contributed by atoms with Gasteiger partial charge in [0, 0.05) is 10.6 Å². The molecule has 12 heteroatoms. The van der Waals surface area contributed by atoms with Gasteiger partial charge < -0.3 is 20.4 Å². The van der Waals surface area contributed by atoms with E-state index in [4.69, 9.17) is 26.7 Å². The van der Waals surface area contributed by atoms with E-state index in [-0.39, 0.29) is 18.2 Å². The number of nitrogens with one attached hydrogen (secondary N) is 1. The fraction of sp³-hybridized carbons (Fsp3) is 0.150. The van der Waals surface area contributed by atoms with Crippen LogP contribution < -0.4 is 15.9 Å². The molecule has 32 heavy (non-hydrogen) atoms. The van der Waals surface area contributed by atoms with E-state index in [1.807, 2.05) is 18.2 Å². The number of hydrogen-bond acceptors (Lipinski definition) is 9. The molecule has 0 aliphatic carbocycles. The van der Waals surface area contributed by atoms with Crippen LogP contribution in [0.4, 0.5) is 5.69 Å². The normalized spacial score (nSPS) is 10.8. The van der Waals surface area contributed by atoms with Crippen molar-refractivity contribution in [3.05, 3.63) is 65.3 Å². The minimum Gasteiger partial charge on any atom is -0.495 e. The number of amides is 1. The van der Waals surface area contributed by atoms with Crippen LogP contribution in [0.25, 0.3) is 11.4 Å². The number of anilines is 1. The molecular weight excluding hydrogens is 454 g/mol. The molecule has 1 amide bonds. The zero-order valence-corrected chi connectivity index (χ0v) is 18.4. The van der Waals surface area contributed by atoms with E-state index in [1.54, 1.807) is 30.3 Å². The average molecular weight is 472 g/mol. The smallest absolute Gasteiger partial charge is 0.237 e. The molecule has 2 aromatic heterocycles. The number of halogens is 1. The van der Waals surface area contributed by atoms with Gasteiger partial charge in [-0.2, -0.15) is 4.98 Å². The van der Waals surface area contributed by atoms with Crippen molar-refractivity contribution >= 4 is 35.0 Å². The number of ether oxygens (including phenoxy) is 1. The average Bonchev–Trinajstić information content (AvgIpc) is 3.39. The Morgan fingerprint density at radius 1 is 1.22 bits per heavy atom. The van der Waals surface area contributed by atoms with Gasteiger partial charge in [-0.3, -0.25) is 4.79 Å². The summed E-state index contributed by atoms with van der Waals surface area (Å²) >= 11 is 7.20. The van der Waals surface area contributed by atoms with Crippen molar-refractivity contribution in [1.29, 1.82) is 0 Å². The fourth-order valence-electron chi connectivity index (χ4n) is 2.80. The molecule has 0 aliphatic heterocycles. The zero-order valence-electron chi connectivity index (χ0n) is 16.9. The molecule has 0 atom stereocenters. The molecule has 3 N–H and O–H groups in total. The van der Waals surface area contributed by atoms with Crippen molar-refractivity contribution in [2.45, 2.75) is 17.3 Å². The number of hydrogen-bond donors (Lipinski definition) is 2. The monoisotopic (exact) mass is 471 g/mol. The molecule has 2 heterocycles. The Morgan fingerprint density at radius 2 is 2.00 bits per heavy atom. The fourth-order valence-corrected chi connectivity index (χ4v) is 3.62. The summed E-state index contributed by atoms with van der Waals surface area (Å²) < 4.78 is 11.8. The Balaban J connectivity index is 1.35. The molecule has 0 bridgehead atoms. The topological polar surface area (TPSA) is 134 Å². The highest BCUT2D eigenvalue weighted by Gasteiger charge is 2.16. The minimum absolute atomic E-state index is 0.0417. The van der Waals surface area contributed by atoms with Crippen LogP contribution in [-0.2, 0) is 17.0 Å². The second-order valence-corrected chi connectivity index (χ2v) is 7.88. The maximum Gasteiger partial charge on any atom is 0.237 e. The standard InChI is InChI=1S/C20H18ClN7O3S/c1-30-15-5-3-2-4-14(15)23-17(29)10-16-24-18(31-27-16)11-32-20-26-25-19(28(20)22)12-6-8-13(21)9-7-12/h2-9H,10-11,22H2,1H3,(H,23,29). The van der Waals surface area contributed by atoms with Crippen molar-refractivity contribution in [2.75, 3.05) is 18.3 Å². The maximum absolute atomic E-state index is 12.3. The predicted octanol–water partition coefficient (Wildman–Crippen LogP) is 3.18. The number of nitrogens with two attached hydrogens (primary N) is 1. The van der Waals surface area contributed by atoms with E-state index >= 15 is 0 Å². The third-order valence-electron chi connectivity index (χ3n) is 4.30. The number of thioether (sulfide) groups is 1. The molecular formula is C20H18ClN7O3S. The number of nitrogen functional groups attached to an aromatic ring is 1. The van der Waals surface area contributed by atoms with Gasteiger partial charge in [-0.25, -0.2) is 4.68 Å². The molecule has 10 nitrogen and oxygen atoms in total. The lowest BCUT2D eigenvalue weighted by Crippen LogP contribution is -2.15. The van der Waals surface area contributed by atoms with E-state index in [0.29, 0.717) is 39.1 Å². The third-order valence-corrected chi connectivity index (χ3v) is 5.48. The lowest BCUT2D eigenvalue weighted by Gasteiger charge is -2.08. The van der Waals surface area contributed by atoms with Gasteiger partial charge in [0.15, 0.2) is 11.6 Å². The van der Waals surface area contributed by atoms with Crippen molar-refractivity contribution in [1.82, 2.24) is 25.0 Å². The SMILES string of the molecule is COc1ccccc1NC(=O)Cc1noc(CSc2nnc(-c3ccc(Cl)cc3)n2N)n1. The van der Waals surface area contributed by atoms with E-state index in [0.717, 1.165) is 5.56 Å². The number of para-hydroxylation sites is 2. The van der Waals surface area contributed by atoms with Crippen LogP contribution in [0.3, 0.4) is 0 Å². The summed E-state index contributed by atoms with van der Waals surface area (Å²) in [6, 6.07) is 14.2. The van der Waals surface area contributed by atoms with Gasteiger partial charge >= 0.3 is 0 Å². The first-order valence-electron chi connectivity index (χ1n) is 9.37.